The van der Waals surface area contributed by atoms with Gasteiger partial charge >= 0.3 is 0 Å². The molecular weight excluding hydrogens is 304 g/mol. The van der Waals surface area contributed by atoms with Crippen molar-refractivity contribution in [2.24, 2.45) is 10.2 Å². The molecular formula is C18H34N4O2. The molecule has 0 fully saturated rings. The molecule has 2 N–H and O–H groups in total. The van der Waals surface area contributed by atoms with Crippen LogP contribution >= 0.6 is 0 Å². The van der Waals surface area contributed by atoms with Gasteiger partial charge < -0.3 is 0 Å². The van der Waals surface area contributed by atoms with Gasteiger partial charge in [0.2, 0.25) is 11.8 Å². The fourth-order valence-corrected chi connectivity index (χ4v) is 2.19. The summed E-state index contributed by atoms with van der Waals surface area (Å²) in [6.45, 7) is 8.00. The predicted octanol–water partition coefficient (Wildman–Crippen LogP) is 3.91. The summed E-state index contributed by atoms with van der Waals surface area (Å²) in [6.07, 6.45) is 8.37. The van der Waals surface area contributed by atoms with Gasteiger partial charge in [0.25, 0.3) is 0 Å². The topological polar surface area (TPSA) is 82.9 Å². The molecule has 0 bridgehead atoms. The van der Waals surface area contributed by atoms with Crippen LogP contribution in [0.4, 0.5) is 0 Å². The zero-order chi connectivity index (χ0) is 18.2. The minimum absolute atomic E-state index is 0.0380. The highest BCUT2D eigenvalue weighted by Crippen LogP contribution is 2.05. The van der Waals surface area contributed by atoms with Crippen molar-refractivity contribution in [3.63, 3.8) is 0 Å². The minimum Gasteiger partial charge on any atom is -0.273 e. The number of hydrogen-bond acceptors (Lipinski definition) is 4. The summed E-state index contributed by atoms with van der Waals surface area (Å²) < 4.78 is 0. The van der Waals surface area contributed by atoms with E-state index in [1.54, 1.807) is 0 Å². The minimum atomic E-state index is -0.0380. The monoisotopic (exact) mass is 338 g/mol. The van der Waals surface area contributed by atoms with Gasteiger partial charge in [-0.05, 0) is 39.5 Å². The highest BCUT2D eigenvalue weighted by atomic mass is 16.2. The molecule has 6 nitrogen and oxygen atoms in total. The van der Waals surface area contributed by atoms with Crippen LogP contribution in [0.25, 0.3) is 0 Å². The molecule has 0 aromatic rings. The highest BCUT2D eigenvalue weighted by molar-refractivity contribution is 5.84. The van der Waals surface area contributed by atoms with Crippen molar-refractivity contribution in [2.45, 2.75) is 91.9 Å². The number of rotatable bonds is 13. The van der Waals surface area contributed by atoms with Gasteiger partial charge in [-0.15, -0.1) is 0 Å². The molecule has 24 heavy (non-hydrogen) atoms. The molecule has 0 unspecified atom stereocenters. The Labute approximate surface area is 146 Å². The quantitative estimate of drug-likeness (QED) is 0.303. The van der Waals surface area contributed by atoms with Gasteiger partial charge in [-0.25, -0.2) is 10.9 Å². The number of carbonyl (C=O) groups excluding carboxylic acids is 2. The Balaban J connectivity index is 3.63. The van der Waals surface area contributed by atoms with Crippen LogP contribution in [-0.2, 0) is 9.59 Å². The molecule has 0 aliphatic carbocycles. The molecule has 0 atom stereocenters. The molecule has 0 aliphatic heterocycles. The summed E-state index contributed by atoms with van der Waals surface area (Å²) in [6, 6.07) is 0. The first-order valence-corrected chi connectivity index (χ1v) is 9.13. The lowest BCUT2D eigenvalue weighted by molar-refractivity contribution is -0.122. The lowest BCUT2D eigenvalue weighted by Gasteiger charge is -2.03. The lowest BCUT2D eigenvalue weighted by Crippen LogP contribution is -2.19. The Morgan fingerprint density at radius 3 is 1.38 bits per heavy atom. The van der Waals surface area contributed by atoms with Crippen LogP contribution in [0.5, 0.6) is 0 Å². The van der Waals surface area contributed by atoms with E-state index in [9.17, 15) is 9.59 Å². The molecule has 0 saturated carbocycles. The summed E-state index contributed by atoms with van der Waals surface area (Å²) >= 11 is 0. The summed E-state index contributed by atoms with van der Waals surface area (Å²) in [5, 5.41) is 8.10. The summed E-state index contributed by atoms with van der Waals surface area (Å²) in [7, 11) is 0. The third kappa shape index (κ3) is 13.9. The van der Waals surface area contributed by atoms with Crippen LogP contribution in [0.1, 0.15) is 91.9 Å². The van der Waals surface area contributed by atoms with Crippen molar-refractivity contribution in [1.29, 1.82) is 0 Å². The second-order valence-electron chi connectivity index (χ2n) is 6.18. The molecule has 0 spiro atoms. The van der Waals surface area contributed by atoms with E-state index < -0.39 is 0 Å². The van der Waals surface area contributed by atoms with Crippen LogP contribution < -0.4 is 10.9 Å². The summed E-state index contributed by atoms with van der Waals surface area (Å²) in [4.78, 5) is 23.2. The third-order valence-corrected chi connectivity index (χ3v) is 3.52. The van der Waals surface area contributed by atoms with Gasteiger partial charge in [-0.3, -0.25) is 9.59 Å². The Hall–Kier alpha value is -1.72. The summed E-state index contributed by atoms with van der Waals surface area (Å²) in [5.41, 5.74) is 7.07. The largest absolute Gasteiger partial charge is 0.273 e. The zero-order valence-corrected chi connectivity index (χ0v) is 15.8. The standard InChI is InChI=1S/C18H34N4O2/c1-5-11-15(3)19-21-17(23)13-9-7-8-10-14-18(24)22-20-16(4)12-6-2/h5-14H2,1-4H3,(H,21,23)(H,22,24)/b19-15-,20-16-. The van der Waals surface area contributed by atoms with Gasteiger partial charge in [0, 0.05) is 24.3 Å². The number of nitrogens with zero attached hydrogens (tertiary/aromatic N) is 2. The first-order chi connectivity index (χ1) is 11.5. The van der Waals surface area contributed by atoms with Crippen molar-refractivity contribution in [3.05, 3.63) is 0 Å². The predicted molar refractivity (Wildman–Crippen MR) is 100 cm³/mol. The van der Waals surface area contributed by atoms with Gasteiger partial charge in [-0.1, -0.05) is 39.5 Å². The fraction of sp³-hybridized carbons (Fsp3) is 0.778. The van der Waals surface area contributed by atoms with Gasteiger partial charge in [-0.2, -0.15) is 10.2 Å². The number of unbranched alkanes of at least 4 members (excludes halogenated alkanes) is 3. The molecule has 138 valence electrons. The number of hydrazone groups is 2. The van der Waals surface area contributed by atoms with E-state index in [1.165, 1.54) is 0 Å². The molecule has 0 heterocycles. The molecule has 0 radical (unpaired) electrons. The van der Waals surface area contributed by atoms with E-state index in [2.05, 4.69) is 34.9 Å². The van der Waals surface area contributed by atoms with E-state index in [1.807, 2.05) is 13.8 Å². The average molecular weight is 338 g/mol. The van der Waals surface area contributed by atoms with Crippen LogP contribution in [0.15, 0.2) is 10.2 Å². The van der Waals surface area contributed by atoms with Crippen LogP contribution in [-0.4, -0.2) is 23.2 Å². The smallest absolute Gasteiger partial charge is 0.240 e. The van der Waals surface area contributed by atoms with E-state index in [4.69, 9.17) is 0 Å². The Morgan fingerprint density at radius 2 is 1.04 bits per heavy atom. The first kappa shape index (κ1) is 22.3. The second-order valence-corrected chi connectivity index (χ2v) is 6.18. The number of nitrogens with one attached hydrogen (secondary N) is 2. The Kier molecular flexibility index (Phi) is 13.8. The van der Waals surface area contributed by atoms with Crippen LogP contribution in [0, 0.1) is 0 Å². The second kappa shape index (κ2) is 14.8. The SMILES string of the molecule is CCC/C(C)=N\NC(=O)CCCCCCC(=O)N/N=C(/C)CCC. The fourth-order valence-electron chi connectivity index (χ4n) is 2.19. The molecule has 0 aromatic carbocycles. The van der Waals surface area contributed by atoms with Crippen molar-refractivity contribution < 1.29 is 9.59 Å². The molecule has 0 aromatic heterocycles. The van der Waals surface area contributed by atoms with Crippen molar-refractivity contribution >= 4 is 23.2 Å². The third-order valence-electron chi connectivity index (χ3n) is 3.52. The van der Waals surface area contributed by atoms with Crippen molar-refractivity contribution in [3.8, 4) is 0 Å². The average Bonchev–Trinajstić information content (AvgIpc) is 2.54. The number of carbonyl (C=O) groups is 2. The van der Waals surface area contributed by atoms with Gasteiger partial charge in [0.05, 0.1) is 0 Å². The van der Waals surface area contributed by atoms with Gasteiger partial charge in [0.1, 0.15) is 0 Å². The van der Waals surface area contributed by atoms with Crippen LogP contribution in [0.3, 0.4) is 0 Å². The Bertz CT molecular complexity index is 391. The maximum Gasteiger partial charge on any atom is 0.240 e. The van der Waals surface area contributed by atoms with Crippen LogP contribution in [0.2, 0.25) is 0 Å². The van der Waals surface area contributed by atoms with Crippen molar-refractivity contribution in [2.75, 3.05) is 0 Å². The van der Waals surface area contributed by atoms with E-state index >= 15 is 0 Å². The number of amides is 2. The van der Waals surface area contributed by atoms with E-state index in [0.29, 0.717) is 12.8 Å². The lowest BCUT2D eigenvalue weighted by atomic mass is 10.1. The molecule has 0 saturated heterocycles. The first-order valence-electron chi connectivity index (χ1n) is 9.13. The maximum absolute atomic E-state index is 11.6. The summed E-state index contributed by atoms with van der Waals surface area (Å²) in [5.74, 6) is -0.0761. The normalized spacial score (nSPS) is 12.2. The Morgan fingerprint density at radius 1 is 0.667 bits per heavy atom. The van der Waals surface area contributed by atoms with E-state index in [-0.39, 0.29) is 11.8 Å². The maximum atomic E-state index is 11.6. The zero-order valence-electron chi connectivity index (χ0n) is 15.8. The van der Waals surface area contributed by atoms with Gasteiger partial charge in [0.15, 0.2) is 0 Å². The number of hydrogen-bond donors (Lipinski definition) is 2. The molecule has 2 amide bonds. The van der Waals surface area contributed by atoms with Crippen molar-refractivity contribution in [1.82, 2.24) is 10.9 Å². The molecule has 0 rings (SSSR count). The molecule has 6 heteroatoms. The highest BCUT2D eigenvalue weighted by Gasteiger charge is 2.02. The molecule has 0 aliphatic rings. The van der Waals surface area contributed by atoms with E-state index in [0.717, 1.165) is 62.8 Å².